The molecular weight excluding hydrogens is 627 g/mol. The molecule has 5 aromatic rings. The van der Waals surface area contributed by atoms with E-state index in [9.17, 15) is 19.5 Å². The molecule has 46 heavy (non-hydrogen) atoms. The summed E-state index contributed by atoms with van der Waals surface area (Å²) in [6.45, 7) is 0.737. The van der Waals surface area contributed by atoms with E-state index in [4.69, 9.17) is 14.2 Å². The molecule has 2 aliphatic heterocycles. The quantitative estimate of drug-likeness (QED) is 0.0545. The van der Waals surface area contributed by atoms with Gasteiger partial charge >= 0.3 is 11.9 Å². The maximum Gasteiger partial charge on any atom is 0.337 e. The van der Waals surface area contributed by atoms with Gasteiger partial charge in [-0.2, -0.15) is 0 Å². The van der Waals surface area contributed by atoms with Crippen LogP contribution >= 0.6 is 23.1 Å². The molecule has 1 aromatic heterocycles. The van der Waals surface area contributed by atoms with E-state index in [-0.39, 0.29) is 27.6 Å². The molecule has 1 atom stereocenters. The number of carbonyl (C=O) groups excluding carboxylic acids is 3. The molecule has 3 heterocycles. The highest BCUT2D eigenvalue weighted by molar-refractivity contribution is 8.00. The fraction of sp³-hybridized carbons (Fsp3) is 0.147. The van der Waals surface area contributed by atoms with Crippen LogP contribution in [0.3, 0.4) is 0 Å². The Balaban J connectivity index is 1.26. The predicted molar refractivity (Wildman–Crippen MR) is 173 cm³/mol. The highest BCUT2D eigenvalue weighted by Gasteiger charge is 2.48. The van der Waals surface area contributed by atoms with Crippen LogP contribution in [0.5, 0.6) is 11.5 Å². The summed E-state index contributed by atoms with van der Waals surface area (Å²) in [5, 5.41) is 22.7. The zero-order valence-corrected chi connectivity index (χ0v) is 26.0. The number of aromatic nitrogens is 2. The summed E-state index contributed by atoms with van der Waals surface area (Å²) in [4.78, 5) is 40.7. The molecule has 1 saturated heterocycles. The Labute approximate surface area is 271 Å². The third-order valence-electron chi connectivity index (χ3n) is 7.74. The molecule has 0 radical (unpaired) electrons. The van der Waals surface area contributed by atoms with Gasteiger partial charge in [-0.05, 0) is 52.2 Å². The van der Waals surface area contributed by atoms with E-state index < -0.39 is 23.7 Å². The molecule has 0 saturated carbocycles. The third kappa shape index (κ3) is 5.35. The van der Waals surface area contributed by atoms with Crippen LogP contribution in [0.4, 0.5) is 5.13 Å². The maximum atomic E-state index is 13.7. The summed E-state index contributed by atoms with van der Waals surface area (Å²) in [6.07, 6.45) is 0. The van der Waals surface area contributed by atoms with Crippen LogP contribution < -0.4 is 14.4 Å². The first-order valence-electron chi connectivity index (χ1n) is 14.2. The van der Waals surface area contributed by atoms with Crippen LogP contribution in [0.25, 0.3) is 16.5 Å². The fourth-order valence-corrected chi connectivity index (χ4v) is 7.40. The Morgan fingerprint density at radius 1 is 0.957 bits per heavy atom. The van der Waals surface area contributed by atoms with Gasteiger partial charge < -0.3 is 19.3 Å². The minimum atomic E-state index is -1.05. The number of esters is 1. The molecule has 0 spiro atoms. The number of hydrogen-bond donors (Lipinski definition) is 1. The van der Waals surface area contributed by atoms with Gasteiger partial charge in [-0.3, -0.25) is 14.5 Å². The zero-order chi connectivity index (χ0) is 31.8. The lowest BCUT2D eigenvalue weighted by atomic mass is 9.94. The average molecular weight is 652 g/mol. The third-order valence-corrected chi connectivity index (χ3v) is 9.85. The van der Waals surface area contributed by atoms with Crippen molar-refractivity contribution in [3.8, 4) is 11.5 Å². The van der Waals surface area contributed by atoms with Gasteiger partial charge in [0.25, 0.3) is 5.78 Å². The van der Waals surface area contributed by atoms with Crippen LogP contribution in [-0.4, -0.2) is 53.3 Å². The number of aliphatic hydroxyl groups is 1. The van der Waals surface area contributed by atoms with Crippen LogP contribution in [0, 0.1) is 0 Å². The molecule has 0 unspecified atom stereocenters. The number of amides is 1. The minimum Gasteiger partial charge on any atom is -0.507 e. The van der Waals surface area contributed by atoms with Crippen LogP contribution in [0.2, 0.25) is 0 Å². The average Bonchev–Trinajstić information content (AvgIpc) is 3.67. The number of anilines is 1. The summed E-state index contributed by atoms with van der Waals surface area (Å²) in [5.41, 5.74) is 2.05. The molecule has 12 heteroatoms. The number of benzene rings is 4. The van der Waals surface area contributed by atoms with Crippen molar-refractivity contribution in [2.75, 3.05) is 25.2 Å². The molecule has 1 fully saturated rings. The van der Waals surface area contributed by atoms with Crippen LogP contribution in [-0.2, 0) is 20.1 Å². The van der Waals surface area contributed by atoms with Gasteiger partial charge in [-0.25, -0.2) is 4.79 Å². The largest absolute Gasteiger partial charge is 0.507 e. The predicted octanol–water partition coefficient (Wildman–Crippen LogP) is 6.17. The highest BCUT2D eigenvalue weighted by Crippen LogP contribution is 2.45. The van der Waals surface area contributed by atoms with Crippen LogP contribution in [0.1, 0.15) is 33.1 Å². The monoisotopic (exact) mass is 651 g/mol. The number of ether oxygens (including phenoxy) is 3. The van der Waals surface area contributed by atoms with Crippen LogP contribution in [0.15, 0.2) is 94.8 Å². The van der Waals surface area contributed by atoms with Crippen molar-refractivity contribution < 1.29 is 33.7 Å². The number of nitrogens with zero attached hydrogens (tertiary/aromatic N) is 3. The van der Waals surface area contributed by atoms with Crippen molar-refractivity contribution in [1.29, 1.82) is 0 Å². The summed E-state index contributed by atoms with van der Waals surface area (Å²) in [6, 6.07) is 24.3. The molecule has 7 rings (SSSR count). The minimum absolute atomic E-state index is 0.132. The van der Waals surface area contributed by atoms with Gasteiger partial charge in [0.15, 0.2) is 15.8 Å². The molecule has 0 bridgehead atoms. The lowest BCUT2D eigenvalue weighted by molar-refractivity contribution is -0.132. The number of thioether (sulfide) groups is 1. The van der Waals surface area contributed by atoms with E-state index in [0.29, 0.717) is 40.4 Å². The lowest BCUT2D eigenvalue weighted by Crippen LogP contribution is -2.29. The first-order valence-corrected chi connectivity index (χ1v) is 16.1. The van der Waals surface area contributed by atoms with Crippen molar-refractivity contribution in [1.82, 2.24) is 10.2 Å². The first kappa shape index (κ1) is 29.5. The first-order chi connectivity index (χ1) is 22.4. The SMILES string of the molecule is COC(=O)c1ccc([C@H]2C(=C(O)c3ccc4c(c3)OCCO4)C(=O)C(=O)N2c2nnc(SCc3cccc4ccccc34)s2)cc1. The topological polar surface area (TPSA) is 128 Å². The number of ketones is 1. The van der Waals surface area contributed by atoms with E-state index in [2.05, 4.69) is 34.5 Å². The van der Waals surface area contributed by atoms with Crippen molar-refractivity contribution in [2.45, 2.75) is 16.1 Å². The Morgan fingerprint density at radius 2 is 1.70 bits per heavy atom. The van der Waals surface area contributed by atoms with Crippen molar-refractivity contribution in [2.24, 2.45) is 0 Å². The van der Waals surface area contributed by atoms with E-state index in [0.717, 1.165) is 16.3 Å². The number of methoxy groups -OCH3 is 1. The molecule has 230 valence electrons. The molecular formula is C34H25N3O7S2. The van der Waals surface area contributed by atoms with E-state index >= 15 is 0 Å². The highest BCUT2D eigenvalue weighted by atomic mass is 32.2. The molecule has 1 amide bonds. The second kappa shape index (κ2) is 12.3. The van der Waals surface area contributed by atoms with Gasteiger partial charge in [-0.1, -0.05) is 77.7 Å². The summed E-state index contributed by atoms with van der Waals surface area (Å²) in [7, 11) is 1.28. The van der Waals surface area contributed by atoms with Crippen molar-refractivity contribution >= 4 is 62.4 Å². The molecule has 2 aliphatic rings. The smallest absolute Gasteiger partial charge is 0.337 e. The Kier molecular flexibility index (Phi) is 7.89. The number of carbonyl (C=O) groups is 3. The zero-order valence-electron chi connectivity index (χ0n) is 24.3. The van der Waals surface area contributed by atoms with Gasteiger partial charge in [0, 0.05) is 11.3 Å². The summed E-state index contributed by atoms with van der Waals surface area (Å²) >= 11 is 2.65. The maximum absolute atomic E-state index is 13.7. The molecule has 1 N–H and O–H groups in total. The number of aliphatic hydroxyl groups excluding tert-OH is 1. The Morgan fingerprint density at radius 3 is 2.50 bits per heavy atom. The van der Waals surface area contributed by atoms with Crippen molar-refractivity contribution in [3.63, 3.8) is 0 Å². The van der Waals surface area contributed by atoms with Gasteiger partial charge in [0.2, 0.25) is 5.13 Å². The van der Waals surface area contributed by atoms with Gasteiger partial charge in [-0.15, -0.1) is 10.2 Å². The van der Waals surface area contributed by atoms with Gasteiger partial charge in [0.1, 0.15) is 19.0 Å². The Hall–Kier alpha value is -5.20. The van der Waals surface area contributed by atoms with E-state index in [1.165, 1.54) is 47.2 Å². The number of fused-ring (bicyclic) bond motifs is 2. The normalized spacial score (nSPS) is 17.0. The van der Waals surface area contributed by atoms with E-state index in [1.807, 2.05) is 18.2 Å². The molecule has 4 aromatic carbocycles. The lowest BCUT2D eigenvalue weighted by Gasteiger charge is -2.23. The van der Waals surface area contributed by atoms with E-state index in [1.54, 1.807) is 30.3 Å². The number of Topliss-reactive ketones (excluding diaryl/α,β-unsaturated/α-hetero) is 1. The second-order valence-corrected chi connectivity index (χ2v) is 12.6. The van der Waals surface area contributed by atoms with Gasteiger partial charge in [0.05, 0.1) is 24.3 Å². The standard InChI is InChI=1S/C34H25N3O7S2/c1-42-32(41)21-11-9-20(10-12-21)28-27(29(38)22-13-14-25-26(17-22)44-16-15-43-25)30(39)31(40)37(28)33-35-36-34(46-33)45-18-23-7-4-6-19-5-2-3-8-24(19)23/h2-14,17,28,38H,15-16,18H2,1H3/t28-/m0/s1. The number of hydrogen-bond acceptors (Lipinski definition) is 11. The summed E-state index contributed by atoms with van der Waals surface area (Å²) < 4.78 is 16.7. The Bertz CT molecular complexity index is 2040. The molecule has 10 nitrogen and oxygen atoms in total. The van der Waals surface area contributed by atoms with Crippen molar-refractivity contribution in [3.05, 3.63) is 113 Å². The number of rotatable bonds is 7. The molecule has 0 aliphatic carbocycles. The summed E-state index contributed by atoms with van der Waals surface area (Å²) in [5.74, 6) is -1.10. The second-order valence-electron chi connectivity index (χ2n) is 10.4. The fourth-order valence-electron chi connectivity index (χ4n) is 5.53.